The molecule has 1 atom stereocenters. The van der Waals surface area contributed by atoms with Crippen molar-refractivity contribution in [3.8, 4) is 0 Å². The molecule has 0 aliphatic heterocycles. The van der Waals surface area contributed by atoms with E-state index in [0.717, 1.165) is 25.1 Å². The Hall–Kier alpha value is -1.35. The molecule has 0 spiro atoms. The third kappa shape index (κ3) is 5.88. The van der Waals surface area contributed by atoms with Gasteiger partial charge in [-0.25, -0.2) is 0 Å². The SMILES string of the molecule is CC(C(=O)O)c1ccc(CNCCC(C)(C)C)cc1. The van der Waals surface area contributed by atoms with E-state index in [2.05, 4.69) is 26.1 Å². The lowest BCUT2D eigenvalue weighted by Gasteiger charge is -2.18. The Bertz CT molecular complexity index is 404. The van der Waals surface area contributed by atoms with Crippen molar-refractivity contribution in [3.05, 3.63) is 35.4 Å². The quantitative estimate of drug-likeness (QED) is 0.773. The second kappa shape index (κ2) is 6.71. The zero-order valence-electron chi connectivity index (χ0n) is 12.4. The summed E-state index contributed by atoms with van der Waals surface area (Å²) < 4.78 is 0. The molecule has 1 aromatic rings. The Morgan fingerprint density at radius 2 is 1.84 bits per heavy atom. The van der Waals surface area contributed by atoms with Crippen LogP contribution in [0.2, 0.25) is 0 Å². The van der Waals surface area contributed by atoms with Gasteiger partial charge in [-0.3, -0.25) is 4.79 Å². The number of rotatable bonds is 6. The van der Waals surface area contributed by atoms with Gasteiger partial charge in [-0.05, 0) is 36.4 Å². The van der Waals surface area contributed by atoms with Crippen LogP contribution in [0.5, 0.6) is 0 Å². The fourth-order valence-corrected chi connectivity index (χ4v) is 1.76. The molecule has 2 N–H and O–H groups in total. The molecule has 106 valence electrons. The van der Waals surface area contributed by atoms with Crippen LogP contribution in [0.3, 0.4) is 0 Å². The average Bonchev–Trinajstić information content (AvgIpc) is 2.33. The van der Waals surface area contributed by atoms with E-state index in [-0.39, 0.29) is 0 Å². The lowest BCUT2D eigenvalue weighted by Crippen LogP contribution is -2.20. The number of hydrogen-bond donors (Lipinski definition) is 2. The van der Waals surface area contributed by atoms with Crippen LogP contribution in [0.25, 0.3) is 0 Å². The lowest BCUT2D eigenvalue weighted by atomic mass is 9.92. The molecule has 0 saturated carbocycles. The summed E-state index contributed by atoms with van der Waals surface area (Å²) in [5.41, 5.74) is 2.40. The Kier molecular flexibility index (Phi) is 5.55. The molecule has 0 amide bonds. The molecule has 0 bridgehead atoms. The van der Waals surface area contributed by atoms with Gasteiger partial charge in [-0.1, -0.05) is 45.0 Å². The fraction of sp³-hybridized carbons (Fsp3) is 0.562. The maximum absolute atomic E-state index is 10.9. The molecular formula is C16H25NO2. The third-order valence-corrected chi connectivity index (χ3v) is 3.23. The molecule has 0 radical (unpaired) electrons. The fourth-order valence-electron chi connectivity index (χ4n) is 1.76. The average molecular weight is 263 g/mol. The van der Waals surface area contributed by atoms with Crippen molar-refractivity contribution in [2.45, 2.75) is 46.6 Å². The molecule has 1 rings (SSSR count). The van der Waals surface area contributed by atoms with Crippen LogP contribution in [0, 0.1) is 5.41 Å². The van der Waals surface area contributed by atoms with Crippen molar-refractivity contribution in [2.24, 2.45) is 5.41 Å². The molecule has 0 aliphatic carbocycles. The largest absolute Gasteiger partial charge is 0.481 e. The normalized spacial score (nSPS) is 13.3. The Labute approximate surface area is 116 Å². The summed E-state index contributed by atoms with van der Waals surface area (Å²) >= 11 is 0. The first-order chi connectivity index (χ1) is 8.79. The monoisotopic (exact) mass is 263 g/mol. The van der Waals surface area contributed by atoms with Crippen molar-refractivity contribution < 1.29 is 9.90 Å². The molecule has 0 saturated heterocycles. The summed E-state index contributed by atoms with van der Waals surface area (Å²) in [5, 5.41) is 12.4. The van der Waals surface area contributed by atoms with Gasteiger partial charge in [-0.2, -0.15) is 0 Å². The van der Waals surface area contributed by atoms with Crippen LogP contribution < -0.4 is 5.32 Å². The van der Waals surface area contributed by atoms with Crippen LogP contribution in [0.15, 0.2) is 24.3 Å². The van der Waals surface area contributed by atoms with Crippen molar-refractivity contribution in [1.29, 1.82) is 0 Å². The van der Waals surface area contributed by atoms with Crippen LogP contribution in [0.1, 0.15) is 51.2 Å². The first-order valence-electron chi connectivity index (χ1n) is 6.82. The highest BCUT2D eigenvalue weighted by Crippen LogP contribution is 2.18. The van der Waals surface area contributed by atoms with E-state index in [1.807, 2.05) is 24.3 Å². The van der Waals surface area contributed by atoms with E-state index >= 15 is 0 Å². The van der Waals surface area contributed by atoms with Gasteiger partial charge in [0.2, 0.25) is 0 Å². The summed E-state index contributed by atoms with van der Waals surface area (Å²) in [6, 6.07) is 7.80. The van der Waals surface area contributed by atoms with Gasteiger partial charge >= 0.3 is 5.97 Å². The zero-order valence-corrected chi connectivity index (χ0v) is 12.4. The van der Waals surface area contributed by atoms with E-state index in [9.17, 15) is 4.79 Å². The first-order valence-corrected chi connectivity index (χ1v) is 6.82. The summed E-state index contributed by atoms with van der Waals surface area (Å²) in [7, 11) is 0. The van der Waals surface area contributed by atoms with Crippen molar-refractivity contribution in [3.63, 3.8) is 0 Å². The standard InChI is InChI=1S/C16H25NO2/c1-12(15(18)19)14-7-5-13(6-8-14)11-17-10-9-16(2,3)4/h5-8,12,17H,9-11H2,1-4H3,(H,18,19). The van der Waals surface area contributed by atoms with Crippen LogP contribution in [-0.2, 0) is 11.3 Å². The smallest absolute Gasteiger partial charge is 0.310 e. The molecule has 0 aliphatic rings. The molecule has 3 heteroatoms. The lowest BCUT2D eigenvalue weighted by molar-refractivity contribution is -0.138. The van der Waals surface area contributed by atoms with Gasteiger partial charge in [-0.15, -0.1) is 0 Å². The third-order valence-electron chi connectivity index (χ3n) is 3.23. The van der Waals surface area contributed by atoms with E-state index in [0.29, 0.717) is 5.41 Å². The van der Waals surface area contributed by atoms with E-state index < -0.39 is 11.9 Å². The number of carbonyl (C=O) groups is 1. The maximum Gasteiger partial charge on any atom is 0.310 e. The van der Waals surface area contributed by atoms with Crippen LogP contribution in [-0.4, -0.2) is 17.6 Å². The molecule has 0 heterocycles. The molecule has 1 unspecified atom stereocenters. The number of carboxylic acid groups (broad SMARTS) is 1. The zero-order chi connectivity index (χ0) is 14.5. The predicted octanol–water partition coefficient (Wildman–Crippen LogP) is 3.40. The number of aliphatic carboxylic acids is 1. The van der Waals surface area contributed by atoms with Crippen LogP contribution >= 0.6 is 0 Å². The molecule has 19 heavy (non-hydrogen) atoms. The molecule has 1 aromatic carbocycles. The van der Waals surface area contributed by atoms with Gasteiger partial charge in [0.1, 0.15) is 0 Å². The maximum atomic E-state index is 10.9. The van der Waals surface area contributed by atoms with E-state index in [1.54, 1.807) is 6.92 Å². The minimum absolute atomic E-state index is 0.355. The minimum Gasteiger partial charge on any atom is -0.481 e. The molecule has 3 nitrogen and oxygen atoms in total. The Morgan fingerprint density at radius 1 is 1.26 bits per heavy atom. The topological polar surface area (TPSA) is 49.3 Å². The summed E-state index contributed by atoms with van der Waals surface area (Å²) in [5.74, 6) is -1.22. The van der Waals surface area contributed by atoms with Gasteiger partial charge in [0.05, 0.1) is 5.92 Å². The van der Waals surface area contributed by atoms with Crippen molar-refractivity contribution in [2.75, 3.05) is 6.54 Å². The second-order valence-electron chi connectivity index (χ2n) is 6.29. The Morgan fingerprint density at radius 3 is 2.32 bits per heavy atom. The van der Waals surface area contributed by atoms with Crippen LogP contribution in [0.4, 0.5) is 0 Å². The Balaban J connectivity index is 2.43. The number of benzene rings is 1. The van der Waals surface area contributed by atoms with Gasteiger partial charge in [0.15, 0.2) is 0 Å². The molecule has 0 aromatic heterocycles. The molecule has 0 fully saturated rings. The molecular weight excluding hydrogens is 238 g/mol. The highest BCUT2D eigenvalue weighted by Gasteiger charge is 2.13. The van der Waals surface area contributed by atoms with E-state index in [1.165, 1.54) is 5.56 Å². The van der Waals surface area contributed by atoms with Crippen molar-refractivity contribution >= 4 is 5.97 Å². The number of hydrogen-bond acceptors (Lipinski definition) is 2. The highest BCUT2D eigenvalue weighted by atomic mass is 16.4. The van der Waals surface area contributed by atoms with Gasteiger partial charge in [0.25, 0.3) is 0 Å². The highest BCUT2D eigenvalue weighted by molar-refractivity contribution is 5.75. The first kappa shape index (κ1) is 15.7. The summed E-state index contributed by atoms with van der Waals surface area (Å²) in [4.78, 5) is 10.9. The number of nitrogens with one attached hydrogen (secondary N) is 1. The van der Waals surface area contributed by atoms with Crippen molar-refractivity contribution in [1.82, 2.24) is 5.32 Å². The summed E-state index contributed by atoms with van der Waals surface area (Å²) in [6.07, 6.45) is 1.14. The van der Waals surface area contributed by atoms with Gasteiger partial charge in [0, 0.05) is 6.54 Å². The van der Waals surface area contributed by atoms with E-state index in [4.69, 9.17) is 5.11 Å². The van der Waals surface area contributed by atoms with Gasteiger partial charge < -0.3 is 10.4 Å². The second-order valence-corrected chi connectivity index (χ2v) is 6.29. The summed E-state index contributed by atoms with van der Waals surface area (Å²) in [6.45, 7) is 10.2. The minimum atomic E-state index is -0.781. The predicted molar refractivity (Wildman–Crippen MR) is 78.3 cm³/mol. The number of carboxylic acids is 1.